The van der Waals surface area contributed by atoms with Gasteiger partial charge in [-0.3, -0.25) is 4.90 Å². The third-order valence-corrected chi connectivity index (χ3v) is 4.15. The van der Waals surface area contributed by atoms with Crippen LogP contribution >= 0.6 is 0 Å². The number of nitrogens with one attached hydrogen (secondary N) is 1. The Morgan fingerprint density at radius 1 is 1.14 bits per heavy atom. The van der Waals surface area contributed by atoms with Gasteiger partial charge >= 0.3 is 0 Å². The van der Waals surface area contributed by atoms with Crippen LogP contribution in [0.1, 0.15) is 52.6 Å². The molecule has 1 N–H and O–H groups in total. The van der Waals surface area contributed by atoms with Crippen LogP contribution in [0.3, 0.4) is 0 Å². The predicted molar refractivity (Wildman–Crippen MR) is 84.4 cm³/mol. The van der Waals surface area contributed by atoms with Crippen molar-refractivity contribution in [3.05, 3.63) is 35.4 Å². The standard InChI is InChI=1S/C17H28F2N2/c1-6-11-20-16(17(4,5)21(7-2)8-3)14-12-13(18)9-10-15(14)19/h9-10,12,16,20H,6-8,11H2,1-5H3. The van der Waals surface area contributed by atoms with Crippen LogP contribution < -0.4 is 5.32 Å². The number of hydrogen-bond donors (Lipinski definition) is 1. The highest BCUT2D eigenvalue weighted by molar-refractivity contribution is 5.25. The van der Waals surface area contributed by atoms with Crippen molar-refractivity contribution in [3.63, 3.8) is 0 Å². The summed E-state index contributed by atoms with van der Waals surface area (Å²) in [5.74, 6) is -0.754. The van der Waals surface area contributed by atoms with E-state index >= 15 is 0 Å². The van der Waals surface area contributed by atoms with Gasteiger partial charge < -0.3 is 5.32 Å². The lowest BCUT2D eigenvalue weighted by Gasteiger charge is -2.44. The minimum Gasteiger partial charge on any atom is -0.308 e. The first kappa shape index (κ1) is 18.1. The van der Waals surface area contributed by atoms with Gasteiger partial charge in [0, 0.05) is 11.1 Å². The molecule has 1 atom stereocenters. The number of nitrogens with zero attached hydrogens (tertiary/aromatic N) is 1. The summed E-state index contributed by atoms with van der Waals surface area (Å²) in [6, 6.07) is 3.44. The molecule has 0 radical (unpaired) electrons. The molecule has 0 fully saturated rings. The molecule has 0 spiro atoms. The number of likely N-dealkylation sites (N-methyl/N-ethyl adjacent to an activating group) is 1. The van der Waals surface area contributed by atoms with Crippen LogP contribution in [0.4, 0.5) is 8.78 Å². The van der Waals surface area contributed by atoms with E-state index in [2.05, 4.69) is 44.8 Å². The summed E-state index contributed by atoms with van der Waals surface area (Å²) in [4.78, 5) is 2.27. The minimum atomic E-state index is -0.398. The summed E-state index contributed by atoms with van der Waals surface area (Å²) < 4.78 is 27.8. The molecule has 0 saturated heterocycles. The first-order chi connectivity index (χ1) is 9.88. The number of rotatable bonds is 8. The van der Waals surface area contributed by atoms with Crippen molar-refractivity contribution >= 4 is 0 Å². The summed E-state index contributed by atoms with van der Waals surface area (Å²) in [5, 5.41) is 3.39. The van der Waals surface area contributed by atoms with Crippen molar-refractivity contribution in [2.75, 3.05) is 19.6 Å². The lowest BCUT2D eigenvalue weighted by atomic mass is 9.86. The highest BCUT2D eigenvalue weighted by atomic mass is 19.1. The fourth-order valence-corrected chi connectivity index (χ4v) is 2.99. The van der Waals surface area contributed by atoms with Crippen molar-refractivity contribution in [1.82, 2.24) is 10.2 Å². The highest BCUT2D eigenvalue weighted by Gasteiger charge is 2.36. The summed E-state index contributed by atoms with van der Waals surface area (Å²) in [6.07, 6.45) is 0.946. The van der Waals surface area contributed by atoms with Crippen molar-refractivity contribution in [2.45, 2.75) is 52.6 Å². The van der Waals surface area contributed by atoms with E-state index in [9.17, 15) is 8.78 Å². The van der Waals surface area contributed by atoms with Gasteiger partial charge in [-0.05, 0) is 58.1 Å². The smallest absolute Gasteiger partial charge is 0.128 e. The molecular formula is C17H28F2N2. The average molecular weight is 298 g/mol. The maximum absolute atomic E-state index is 14.2. The first-order valence-corrected chi connectivity index (χ1v) is 7.81. The second kappa shape index (κ2) is 7.85. The Hall–Kier alpha value is -1.00. The van der Waals surface area contributed by atoms with Crippen molar-refractivity contribution in [3.8, 4) is 0 Å². The maximum atomic E-state index is 14.2. The molecule has 0 saturated carbocycles. The van der Waals surface area contributed by atoms with E-state index in [0.29, 0.717) is 5.56 Å². The molecule has 4 heteroatoms. The Bertz CT molecular complexity index is 442. The van der Waals surface area contributed by atoms with Crippen LogP contribution in [0, 0.1) is 11.6 Å². The minimum absolute atomic E-state index is 0.256. The molecule has 1 aromatic rings. The van der Waals surface area contributed by atoms with Crippen LogP contribution in [0.25, 0.3) is 0 Å². The quantitative estimate of drug-likeness (QED) is 0.776. The second-order valence-corrected chi connectivity index (χ2v) is 5.88. The second-order valence-electron chi connectivity index (χ2n) is 5.88. The molecule has 0 heterocycles. The van der Waals surface area contributed by atoms with Gasteiger partial charge in [-0.25, -0.2) is 8.78 Å². The lowest BCUT2D eigenvalue weighted by Crippen LogP contribution is -2.53. The monoisotopic (exact) mass is 298 g/mol. The zero-order valence-corrected chi connectivity index (χ0v) is 13.8. The molecule has 0 aromatic heterocycles. The van der Waals surface area contributed by atoms with E-state index in [1.165, 1.54) is 18.2 Å². The van der Waals surface area contributed by atoms with Crippen molar-refractivity contribution in [2.24, 2.45) is 0 Å². The molecule has 1 aromatic carbocycles. The van der Waals surface area contributed by atoms with Crippen LogP contribution in [0.5, 0.6) is 0 Å². The first-order valence-electron chi connectivity index (χ1n) is 7.81. The number of benzene rings is 1. The Morgan fingerprint density at radius 2 is 1.76 bits per heavy atom. The van der Waals surface area contributed by atoms with E-state index in [0.717, 1.165) is 26.1 Å². The summed E-state index contributed by atoms with van der Waals surface area (Å²) in [7, 11) is 0. The Kier molecular flexibility index (Phi) is 6.75. The molecule has 0 aliphatic heterocycles. The van der Waals surface area contributed by atoms with Gasteiger partial charge in [-0.1, -0.05) is 20.8 Å². The highest BCUT2D eigenvalue weighted by Crippen LogP contribution is 2.32. The van der Waals surface area contributed by atoms with Crippen LogP contribution in [-0.4, -0.2) is 30.1 Å². The van der Waals surface area contributed by atoms with E-state index in [1.54, 1.807) is 0 Å². The molecule has 120 valence electrons. The molecule has 0 bridgehead atoms. The third kappa shape index (κ3) is 4.24. The normalized spacial score (nSPS) is 13.7. The topological polar surface area (TPSA) is 15.3 Å². The molecule has 1 unspecified atom stereocenters. The van der Waals surface area contributed by atoms with Gasteiger partial charge in [-0.2, -0.15) is 0 Å². The number of halogens is 2. The lowest BCUT2D eigenvalue weighted by molar-refractivity contribution is 0.0895. The molecule has 0 aliphatic carbocycles. The van der Waals surface area contributed by atoms with Gasteiger partial charge in [0.25, 0.3) is 0 Å². The van der Waals surface area contributed by atoms with Crippen LogP contribution in [0.2, 0.25) is 0 Å². The summed E-state index contributed by atoms with van der Waals surface area (Å²) in [6.45, 7) is 12.9. The third-order valence-electron chi connectivity index (χ3n) is 4.15. The van der Waals surface area contributed by atoms with E-state index in [-0.39, 0.29) is 17.4 Å². The van der Waals surface area contributed by atoms with Crippen LogP contribution in [0.15, 0.2) is 18.2 Å². The molecule has 2 nitrogen and oxygen atoms in total. The van der Waals surface area contributed by atoms with Gasteiger partial charge in [0.2, 0.25) is 0 Å². The molecular weight excluding hydrogens is 270 g/mol. The molecule has 0 aliphatic rings. The average Bonchev–Trinajstić information content (AvgIpc) is 2.43. The summed E-state index contributed by atoms with van der Waals surface area (Å²) >= 11 is 0. The van der Waals surface area contributed by atoms with Gasteiger partial charge in [0.05, 0.1) is 6.04 Å². The zero-order valence-electron chi connectivity index (χ0n) is 13.8. The predicted octanol–water partition coefficient (Wildman–Crippen LogP) is 4.13. The van der Waals surface area contributed by atoms with Crippen LogP contribution in [-0.2, 0) is 0 Å². The Morgan fingerprint density at radius 3 is 2.29 bits per heavy atom. The van der Waals surface area contributed by atoms with Gasteiger partial charge in [0.1, 0.15) is 11.6 Å². The molecule has 0 amide bonds. The Balaban J connectivity index is 3.24. The Labute approximate surface area is 127 Å². The number of hydrogen-bond acceptors (Lipinski definition) is 2. The SMILES string of the molecule is CCCNC(c1cc(F)ccc1F)C(C)(C)N(CC)CC. The van der Waals surface area contributed by atoms with Crippen molar-refractivity contribution < 1.29 is 8.78 Å². The fraction of sp³-hybridized carbons (Fsp3) is 0.647. The zero-order chi connectivity index (χ0) is 16.0. The van der Waals surface area contributed by atoms with E-state index in [4.69, 9.17) is 0 Å². The van der Waals surface area contributed by atoms with Gasteiger partial charge in [0.15, 0.2) is 0 Å². The summed E-state index contributed by atoms with van der Waals surface area (Å²) in [5.41, 5.74) is 0.0909. The van der Waals surface area contributed by atoms with Gasteiger partial charge in [-0.15, -0.1) is 0 Å². The molecule has 1 rings (SSSR count). The van der Waals surface area contributed by atoms with E-state index in [1.807, 2.05) is 0 Å². The maximum Gasteiger partial charge on any atom is 0.128 e. The molecule has 21 heavy (non-hydrogen) atoms. The van der Waals surface area contributed by atoms with Crippen molar-refractivity contribution in [1.29, 1.82) is 0 Å². The van der Waals surface area contributed by atoms with E-state index < -0.39 is 5.82 Å². The largest absolute Gasteiger partial charge is 0.308 e. The fourth-order valence-electron chi connectivity index (χ4n) is 2.99.